The molecule has 0 aliphatic carbocycles. The van der Waals surface area contributed by atoms with Crippen molar-refractivity contribution in [2.75, 3.05) is 26.2 Å². The molecular weight excluding hydrogens is 400 g/mol. The molecule has 0 bridgehead atoms. The highest BCUT2D eigenvalue weighted by Gasteiger charge is 2.23. The zero-order chi connectivity index (χ0) is 21.3. The van der Waals surface area contributed by atoms with Crippen LogP contribution in [0.5, 0.6) is 5.75 Å². The summed E-state index contributed by atoms with van der Waals surface area (Å²) in [4.78, 5) is 30.3. The standard InChI is InChI=1S/C22H30N4O3S/c1-16-5-7-19(8-6-16)29-14-21-25-18(15-30-21)12-20(27)24-9-3-11-26-10-2-4-17(13-26)22(23)28/h5-8,15,17H,2-4,9-14H2,1H3,(H2,23,28)(H,24,27). The molecule has 3 N–H and O–H groups in total. The summed E-state index contributed by atoms with van der Waals surface area (Å²) >= 11 is 1.50. The number of thiazole rings is 1. The van der Waals surface area contributed by atoms with E-state index in [0.29, 0.717) is 13.2 Å². The summed E-state index contributed by atoms with van der Waals surface area (Å²) in [5.41, 5.74) is 7.37. The zero-order valence-corrected chi connectivity index (χ0v) is 18.2. The Kier molecular flexibility index (Phi) is 8.21. The average Bonchev–Trinajstić information content (AvgIpc) is 3.18. The third-order valence-corrected chi connectivity index (χ3v) is 6.08. The van der Waals surface area contributed by atoms with Crippen molar-refractivity contribution >= 4 is 23.2 Å². The fourth-order valence-electron chi connectivity index (χ4n) is 3.52. The molecule has 3 rings (SSSR count). The van der Waals surface area contributed by atoms with E-state index in [-0.39, 0.29) is 24.2 Å². The third kappa shape index (κ3) is 7.11. The second-order valence-corrected chi connectivity index (χ2v) is 8.70. The molecule has 1 aliphatic heterocycles. The molecule has 7 nitrogen and oxygen atoms in total. The van der Waals surface area contributed by atoms with E-state index in [1.54, 1.807) is 0 Å². The second kappa shape index (κ2) is 11.1. The second-order valence-electron chi connectivity index (χ2n) is 7.76. The van der Waals surface area contributed by atoms with Gasteiger partial charge < -0.3 is 20.7 Å². The highest BCUT2D eigenvalue weighted by molar-refractivity contribution is 7.09. The Labute approximate surface area is 181 Å². The first-order chi connectivity index (χ1) is 14.5. The predicted octanol–water partition coefficient (Wildman–Crippen LogP) is 2.28. The van der Waals surface area contributed by atoms with Gasteiger partial charge in [-0.05, 0) is 51.4 Å². The number of aromatic nitrogens is 1. The number of hydrogen-bond donors (Lipinski definition) is 2. The summed E-state index contributed by atoms with van der Waals surface area (Å²) in [7, 11) is 0. The van der Waals surface area contributed by atoms with E-state index < -0.39 is 0 Å². The summed E-state index contributed by atoms with van der Waals surface area (Å²) in [5, 5.41) is 5.72. The van der Waals surface area contributed by atoms with Gasteiger partial charge in [0.25, 0.3) is 0 Å². The number of benzene rings is 1. The molecule has 1 aromatic heterocycles. The molecule has 1 aliphatic rings. The topological polar surface area (TPSA) is 97.6 Å². The Balaban J connectivity index is 1.32. The summed E-state index contributed by atoms with van der Waals surface area (Å²) in [5.74, 6) is 0.535. The van der Waals surface area contributed by atoms with Gasteiger partial charge in [0.15, 0.2) is 0 Å². The van der Waals surface area contributed by atoms with Crippen LogP contribution in [0.2, 0.25) is 0 Å². The van der Waals surface area contributed by atoms with Gasteiger partial charge >= 0.3 is 0 Å². The number of primary amides is 1. The van der Waals surface area contributed by atoms with E-state index >= 15 is 0 Å². The minimum atomic E-state index is -0.208. The Morgan fingerprint density at radius 3 is 2.90 bits per heavy atom. The molecule has 0 radical (unpaired) electrons. The number of nitrogens with two attached hydrogens (primary N) is 1. The maximum atomic E-state index is 12.2. The monoisotopic (exact) mass is 430 g/mol. The molecule has 0 saturated carbocycles. The summed E-state index contributed by atoms with van der Waals surface area (Å²) in [6.07, 6.45) is 3.01. The van der Waals surface area contributed by atoms with Gasteiger partial charge in [0.05, 0.1) is 18.0 Å². The molecule has 1 unspecified atom stereocenters. The lowest BCUT2D eigenvalue weighted by Crippen LogP contribution is -2.42. The van der Waals surface area contributed by atoms with Crippen molar-refractivity contribution in [3.63, 3.8) is 0 Å². The molecule has 162 valence electrons. The number of carbonyl (C=O) groups excluding carboxylic acids is 2. The number of ether oxygens (including phenoxy) is 1. The molecule has 0 spiro atoms. The first kappa shape index (κ1) is 22.2. The van der Waals surface area contributed by atoms with E-state index in [1.165, 1.54) is 16.9 Å². The maximum Gasteiger partial charge on any atom is 0.226 e. The molecule has 1 aromatic carbocycles. The van der Waals surface area contributed by atoms with Crippen LogP contribution in [0, 0.1) is 12.8 Å². The lowest BCUT2D eigenvalue weighted by atomic mass is 9.97. The molecule has 2 amide bonds. The van der Waals surface area contributed by atoms with Gasteiger partial charge in [-0.25, -0.2) is 4.98 Å². The number of carbonyl (C=O) groups is 2. The molecule has 1 fully saturated rings. The van der Waals surface area contributed by atoms with Crippen LogP contribution in [-0.4, -0.2) is 47.9 Å². The van der Waals surface area contributed by atoms with Crippen LogP contribution in [0.1, 0.15) is 35.5 Å². The molecular formula is C22H30N4O3S. The third-order valence-electron chi connectivity index (χ3n) is 5.21. The normalized spacial score (nSPS) is 16.9. The van der Waals surface area contributed by atoms with Crippen molar-refractivity contribution in [1.82, 2.24) is 15.2 Å². The van der Waals surface area contributed by atoms with E-state index in [0.717, 1.165) is 55.3 Å². The van der Waals surface area contributed by atoms with Crippen LogP contribution in [0.4, 0.5) is 0 Å². The molecule has 1 saturated heterocycles. The summed E-state index contributed by atoms with van der Waals surface area (Å²) in [6.45, 7) is 5.64. The number of rotatable bonds is 10. The van der Waals surface area contributed by atoms with Crippen molar-refractivity contribution < 1.29 is 14.3 Å². The van der Waals surface area contributed by atoms with Crippen molar-refractivity contribution in [2.45, 2.75) is 39.2 Å². The number of hydrogen-bond acceptors (Lipinski definition) is 6. The minimum Gasteiger partial charge on any atom is -0.486 e. The molecule has 2 heterocycles. The minimum absolute atomic E-state index is 0.0278. The van der Waals surface area contributed by atoms with Crippen molar-refractivity contribution in [2.24, 2.45) is 11.7 Å². The lowest BCUT2D eigenvalue weighted by Gasteiger charge is -2.31. The van der Waals surface area contributed by atoms with Crippen LogP contribution in [0.15, 0.2) is 29.6 Å². The van der Waals surface area contributed by atoms with E-state index in [9.17, 15) is 9.59 Å². The van der Waals surface area contributed by atoms with Crippen LogP contribution in [-0.2, 0) is 22.6 Å². The van der Waals surface area contributed by atoms with Crippen molar-refractivity contribution in [1.29, 1.82) is 0 Å². The van der Waals surface area contributed by atoms with Gasteiger partial charge in [0.1, 0.15) is 17.4 Å². The van der Waals surface area contributed by atoms with E-state index in [1.807, 2.05) is 36.6 Å². The van der Waals surface area contributed by atoms with Gasteiger partial charge in [0, 0.05) is 18.5 Å². The highest BCUT2D eigenvalue weighted by atomic mass is 32.1. The fraction of sp³-hybridized carbons (Fsp3) is 0.500. The van der Waals surface area contributed by atoms with Crippen LogP contribution >= 0.6 is 11.3 Å². The largest absolute Gasteiger partial charge is 0.486 e. The quantitative estimate of drug-likeness (QED) is 0.564. The molecule has 8 heteroatoms. The number of nitrogens with zero attached hydrogens (tertiary/aromatic N) is 2. The summed E-state index contributed by atoms with van der Waals surface area (Å²) in [6, 6.07) is 7.90. The van der Waals surface area contributed by atoms with E-state index in [4.69, 9.17) is 10.5 Å². The first-order valence-corrected chi connectivity index (χ1v) is 11.3. The Hall–Kier alpha value is -2.45. The van der Waals surface area contributed by atoms with Gasteiger partial charge in [-0.1, -0.05) is 17.7 Å². The molecule has 1 atom stereocenters. The molecule has 30 heavy (non-hydrogen) atoms. The first-order valence-electron chi connectivity index (χ1n) is 10.4. The number of aryl methyl sites for hydroxylation is 1. The Bertz CT molecular complexity index is 837. The SMILES string of the molecule is Cc1ccc(OCc2nc(CC(=O)NCCCN3CCCC(C(N)=O)C3)cs2)cc1. The number of piperidine rings is 1. The Morgan fingerprint density at radius 1 is 1.33 bits per heavy atom. The van der Waals surface area contributed by atoms with Crippen molar-refractivity contribution in [3.8, 4) is 5.75 Å². The Morgan fingerprint density at radius 2 is 2.13 bits per heavy atom. The summed E-state index contributed by atoms with van der Waals surface area (Å²) < 4.78 is 5.74. The zero-order valence-electron chi connectivity index (χ0n) is 17.4. The van der Waals surface area contributed by atoms with Gasteiger partial charge in [-0.2, -0.15) is 0 Å². The smallest absolute Gasteiger partial charge is 0.226 e. The van der Waals surface area contributed by atoms with Crippen molar-refractivity contribution in [3.05, 3.63) is 45.9 Å². The van der Waals surface area contributed by atoms with Crippen LogP contribution in [0.25, 0.3) is 0 Å². The fourth-order valence-corrected chi connectivity index (χ4v) is 4.23. The van der Waals surface area contributed by atoms with Gasteiger partial charge in [0.2, 0.25) is 11.8 Å². The lowest BCUT2D eigenvalue weighted by molar-refractivity contribution is -0.123. The highest BCUT2D eigenvalue weighted by Crippen LogP contribution is 2.17. The predicted molar refractivity (Wildman–Crippen MR) is 117 cm³/mol. The van der Waals surface area contributed by atoms with Gasteiger partial charge in [-0.3, -0.25) is 9.59 Å². The van der Waals surface area contributed by atoms with Crippen LogP contribution < -0.4 is 15.8 Å². The number of amides is 2. The average molecular weight is 431 g/mol. The molecule has 2 aromatic rings. The van der Waals surface area contributed by atoms with Crippen LogP contribution in [0.3, 0.4) is 0 Å². The number of nitrogens with one attached hydrogen (secondary N) is 1. The number of likely N-dealkylation sites (tertiary alicyclic amines) is 1. The van der Waals surface area contributed by atoms with E-state index in [2.05, 4.69) is 15.2 Å². The maximum absolute atomic E-state index is 12.2. The van der Waals surface area contributed by atoms with Gasteiger partial charge in [-0.15, -0.1) is 11.3 Å².